The Morgan fingerprint density at radius 2 is 1.67 bits per heavy atom. The summed E-state index contributed by atoms with van der Waals surface area (Å²) in [6, 6.07) is 9.30. The lowest BCUT2D eigenvalue weighted by Crippen LogP contribution is -2.35. The van der Waals surface area contributed by atoms with E-state index in [1.807, 2.05) is 30.3 Å². The van der Waals surface area contributed by atoms with Gasteiger partial charge in [-0.2, -0.15) is 0 Å². The number of carbonyl (C=O) groups is 2. The number of nitrogens with zero attached hydrogens (tertiary/aromatic N) is 1. The number of Topliss-reactive ketones (excluding diaryl/α,β-unsaturated/α-hetero) is 1. The number of benzene rings is 1. The van der Waals surface area contributed by atoms with Gasteiger partial charge in [-0.05, 0) is 25.9 Å². The van der Waals surface area contributed by atoms with Gasteiger partial charge in [-0.1, -0.05) is 57.0 Å². The minimum absolute atomic E-state index is 0.0843. The van der Waals surface area contributed by atoms with E-state index < -0.39 is 0 Å². The van der Waals surface area contributed by atoms with E-state index in [4.69, 9.17) is 4.74 Å². The average molecular weight is 331 g/mol. The van der Waals surface area contributed by atoms with Crippen LogP contribution in [-0.4, -0.2) is 42.9 Å². The molecule has 24 heavy (non-hydrogen) atoms. The largest absolute Gasteiger partial charge is 0.464 e. The maximum atomic E-state index is 12.8. The van der Waals surface area contributed by atoms with Crippen molar-refractivity contribution in [1.82, 2.24) is 4.90 Å². The molecule has 1 aliphatic rings. The minimum atomic E-state index is -0.289. The standard InChI is InChI=1S/C20H29NO3/c1-3-21(4-2)14-15-24-20(23)18-13-9-8-12-17(18)19(22)16-10-6-5-7-11-16/h5-7,10-11,17-18H,3-4,8-9,12-15H2,1-2H3. The van der Waals surface area contributed by atoms with Crippen molar-refractivity contribution in [3.63, 3.8) is 0 Å². The summed E-state index contributed by atoms with van der Waals surface area (Å²) >= 11 is 0. The Kier molecular flexibility index (Phi) is 7.44. The summed E-state index contributed by atoms with van der Waals surface area (Å²) in [4.78, 5) is 27.5. The number of carbonyl (C=O) groups excluding carboxylic acids is 2. The first kappa shape index (κ1) is 18.7. The van der Waals surface area contributed by atoms with Crippen molar-refractivity contribution in [2.45, 2.75) is 39.5 Å². The third-order valence-corrected chi connectivity index (χ3v) is 5.01. The molecule has 2 unspecified atom stereocenters. The summed E-state index contributed by atoms with van der Waals surface area (Å²) in [5.41, 5.74) is 0.699. The van der Waals surface area contributed by atoms with Crippen LogP contribution in [0.2, 0.25) is 0 Å². The van der Waals surface area contributed by atoms with Crippen LogP contribution >= 0.6 is 0 Å². The van der Waals surface area contributed by atoms with Gasteiger partial charge in [0.15, 0.2) is 5.78 Å². The van der Waals surface area contributed by atoms with Crippen LogP contribution < -0.4 is 0 Å². The zero-order valence-corrected chi connectivity index (χ0v) is 14.9. The Labute approximate surface area is 145 Å². The highest BCUT2D eigenvalue weighted by atomic mass is 16.5. The number of rotatable bonds is 8. The summed E-state index contributed by atoms with van der Waals surface area (Å²) < 4.78 is 5.50. The van der Waals surface area contributed by atoms with Gasteiger partial charge in [-0.3, -0.25) is 9.59 Å². The number of likely N-dealkylation sites (N-methyl/N-ethyl adjacent to an activating group) is 1. The van der Waals surface area contributed by atoms with E-state index in [1.165, 1.54) is 0 Å². The fourth-order valence-corrected chi connectivity index (χ4v) is 3.47. The van der Waals surface area contributed by atoms with Crippen molar-refractivity contribution < 1.29 is 14.3 Å². The Morgan fingerprint density at radius 1 is 1.04 bits per heavy atom. The van der Waals surface area contributed by atoms with Crippen LogP contribution in [0.1, 0.15) is 49.9 Å². The Balaban J connectivity index is 1.95. The van der Waals surface area contributed by atoms with Crippen molar-refractivity contribution in [3.05, 3.63) is 35.9 Å². The molecule has 4 nitrogen and oxygen atoms in total. The van der Waals surface area contributed by atoms with Crippen molar-refractivity contribution >= 4 is 11.8 Å². The van der Waals surface area contributed by atoms with Gasteiger partial charge < -0.3 is 9.64 Å². The molecule has 0 amide bonds. The fourth-order valence-electron chi connectivity index (χ4n) is 3.47. The highest BCUT2D eigenvalue weighted by molar-refractivity contribution is 6.00. The molecule has 0 heterocycles. The first-order chi connectivity index (χ1) is 11.7. The molecule has 0 aromatic heterocycles. The van der Waals surface area contributed by atoms with Crippen molar-refractivity contribution in [2.24, 2.45) is 11.8 Å². The molecule has 4 heteroatoms. The molecule has 1 aromatic rings. The van der Waals surface area contributed by atoms with Crippen LogP contribution in [0.15, 0.2) is 30.3 Å². The Morgan fingerprint density at radius 3 is 2.29 bits per heavy atom. The molecule has 0 N–H and O–H groups in total. The number of ketones is 1. The molecule has 132 valence electrons. The highest BCUT2D eigenvalue weighted by Gasteiger charge is 2.37. The predicted molar refractivity (Wildman–Crippen MR) is 95.0 cm³/mol. The second-order valence-corrected chi connectivity index (χ2v) is 6.42. The van der Waals surface area contributed by atoms with Crippen LogP contribution in [0.4, 0.5) is 0 Å². The number of hydrogen-bond donors (Lipinski definition) is 0. The lowest BCUT2D eigenvalue weighted by molar-refractivity contribution is -0.151. The Hall–Kier alpha value is -1.68. The molecule has 0 radical (unpaired) electrons. The van der Waals surface area contributed by atoms with E-state index in [0.717, 1.165) is 45.3 Å². The smallest absolute Gasteiger partial charge is 0.309 e. The predicted octanol–water partition coefficient (Wildman–Crippen LogP) is 3.56. The van der Waals surface area contributed by atoms with Crippen molar-refractivity contribution in [3.8, 4) is 0 Å². The van der Waals surface area contributed by atoms with Crippen LogP contribution in [0.25, 0.3) is 0 Å². The third kappa shape index (κ3) is 4.91. The fraction of sp³-hybridized carbons (Fsp3) is 0.600. The summed E-state index contributed by atoms with van der Waals surface area (Å²) in [6.07, 6.45) is 3.54. The average Bonchev–Trinajstić information content (AvgIpc) is 2.65. The molecular formula is C20H29NO3. The van der Waals surface area contributed by atoms with E-state index in [-0.39, 0.29) is 23.6 Å². The van der Waals surface area contributed by atoms with Gasteiger partial charge in [0.25, 0.3) is 0 Å². The first-order valence-electron chi connectivity index (χ1n) is 9.15. The van der Waals surface area contributed by atoms with E-state index in [9.17, 15) is 9.59 Å². The van der Waals surface area contributed by atoms with Gasteiger partial charge in [0.2, 0.25) is 0 Å². The van der Waals surface area contributed by atoms with E-state index in [0.29, 0.717) is 12.2 Å². The lowest BCUT2D eigenvalue weighted by atomic mass is 9.75. The van der Waals surface area contributed by atoms with Crippen LogP contribution in [0, 0.1) is 11.8 Å². The van der Waals surface area contributed by atoms with Crippen molar-refractivity contribution in [1.29, 1.82) is 0 Å². The highest BCUT2D eigenvalue weighted by Crippen LogP contribution is 2.33. The van der Waals surface area contributed by atoms with Gasteiger partial charge in [-0.15, -0.1) is 0 Å². The van der Waals surface area contributed by atoms with Crippen LogP contribution in [0.5, 0.6) is 0 Å². The van der Waals surface area contributed by atoms with Gasteiger partial charge in [0.05, 0.1) is 5.92 Å². The molecule has 0 spiro atoms. The topological polar surface area (TPSA) is 46.6 Å². The molecule has 1 aromatic carbocycles. The van der Waals surface area contributed by atoms with Crippen LogP contribution in [-0.2, 0) is 9.53 Å². The van der Waals surface area contributed by atoms with Gasteiger partial charge in [0, 0.05) is 18.0 Å². The van der Waals surface area contributed by atoms with E-state index in [1.54, 1.807) is 0 Å². The second-order valence-electron chi connectivity index (χ2n) is 6.42. The van der Waals surface area contributed by atoms with Gasteiger partial charge >= 0.3 is 5.97 Å². The zero-order chi connectivity index (χ0) is 17.4. The maximum Gasteiger partial charge on any atom is 0.309 e. The van der Waals surface area contributed by atoms with E-state index >= 15 is 0 Å². The SMILES string of the molecule is CCN(CC)CCOC(=O)C1CCCCC1C(=O)c1ccccc1. The maximum absolute atomic E-state index is 12.8. The minimum Gasteiger partial charge on any atom is -0.464 e. The van der Waals surface area contributed by atoms with Gasteiger partial charge in [0.1, 0.15) is 6.61 Å². The summed E-state index contributed by atoms with van der Waals surface area (Å²) in [5.74, 6) is -0.637. The molecule has 1 aliphatic carbocycles. The van der Waals surface area contributed by atoms with Gasteiger partial charge in [-0.25, -0.2) is 0 Å². The Bertz CT molecular complexity index is 525. The summed E-state index contributed by atoms with van der Waals surface area (Å²) in [7, 11) is 0. The molecule has 0 aliphatic heterocycles. The number of esters is 1. The number of ether oxygens (including phenoxy) is 1. The molecule has 2 rings (SSSR count). The first-order valence-corrected chi connectivity index (χ1v) is 9.15. The molecule has 2 atom stereocenters. The normalized spacial score (nSPS) is 20.8. The monoisotopic (exact) mass is 331 g/mol. The summed E-state index contributed by atoms with van der Waals surface area (Å²) in [6.45, 7) is 7.26. The molecule has 0 bridgehead atoms. The molecule has 0 saturated heterocycles. The quantitative estimate of drug-likeness (QED) is 0.540. The van der Waals surface area contributed by atoms with E-state index in [2.05, 4.69) is 18.7 Å². The zero-order valence-electron chi connectivity index (χ0n) is 14.9. The molecule has 1 saturated carbocycles. The summed E-state index contributed by atoms with van der Waals surface area (Å²) in [5, 5.41) is 0. The van der Waals surface area contributed by atoms with Crippen molar-refractivity contribution in [2.75, 3.05) is 26.2 Å². The lowest BCUT2D eigenvalue weighted by Gasteiger charge is -2.29. The molecular weight excluding hydrogens is 302 g/mol. The molecule has 1 fully saturated rings. The van der Waals surface area contributed by atoms with Crippen LogP contribution in [0.3, 0.4) is 0 Å². The number of hydrogen-bond acceptors (Lipinski definition) is 4. The third-order valence-electron chi connectivity index (χ3n) is 5.01. The second kappa shape index (κ2) is 9.58.